The minimum Gasteiger partial charge on any atom is -0.419 e. The van der Waals surface area contributed by atoms with E-state index in [9.17, 15) is 22.8 Å². The summed E-state index contributed by atoms with van der Waals surface area (Å²) in [5, 5.41) is 0.195. The van der Waals surface area contributed by atoms with Crippen LogP contribution < -0.4 is 4.74 Å². The second kappa shape index (κ2) is 9.32. The number of ether oxygens (including phenoxy) is 1. The van der Waals surface area contributed by atoms with Gasteiger partial charge in [-0.1, -0.05) is 23.2 Å². The molecule has 3 rings (SSSR count). The van der Waals surface area contributed by atoms with Crippen molar-refractivity contribution < 1.29 is 27.5 Å². The molecule has 5 nitrogen and oxygen atoms in total. The van der Waals surface area contributed by atoms with E-state index in [4.69, 9.17) is 27.9 Å². The average Bonchev–Trinajstić information content (AvgIpc) is 3.19. The molecular weight excluding hydrogens is 444 g/mol. The number of hydrogen-bond donors (Lipinski definition) is 0. The molecule has 1 aromatic carbocycles. The number of halogens is 5. The van der Waals surface area contributed by atoms with Crippen LogP contribution in [-0.4, -0.2) is 54.0 Å². The second-order valence-corrected chi connectivity index (χ2v) is 8.54. The highest BCUT2D eigenvalue weighted by molar-refractivity contribution is 6.42. The van der Waals surface area contributed by atoms with Crippen LogP contribution in [0.5, 0.6) is 5.75 Å². The molecule has 166 valence electrons. The van der Waals surface area contributed by atoms with E-state index in [0.29, 0.717) is 31.5 Å². The lowest BCUT2D eigenvalue weighted by molar-refractivity contribution is -0.189. The largest absolute Gasteiger partial charge is 0.491 e. The van der Waals surface area contributed by atoms with E-state index in [1.165, 1.54) is 19.1 Å². The summed E-state index contributed by atoms with van der Waals surface area (Å²) in [6, 6.07) is 2.40. The number of rotatable bonds is 4. The summed E-state index contributed by atoms with van der Waals surface area (Å²) >= 11 is 12.2. The van der Waals surface area contributed by atoms with Crippen LogP contribution in [-0.2, 0) is 9.59 Å². The van der Waals surface area contributed by atoms with Crippen molar-refractivity contribution in [3.8, 4) is 5.75 Å². The van der Waals surface area contributed by atoms with Crippen molar-refractivity contribution in [1.29, 1.82) is 0 Å². The van der Waals surface area contributed by atoms with E-state index >= 15 is 0 Å². The number of benzene rings is 1. The van der Waals surface area contributed by atoms with Crippen molar-refractivity contribution in [3.05, 3.63) is 27.7 Å². The molecule has 0 bridgehead atoms. The van der Waals surface area contributed by atoms with Gasteiger partial charge >= 0.3 is 12.1 Å². The number of carbonyl (C=O) groups excluding carboxylic acids is 2. The van der Waals surface area contributed by atoms with Gasteiger partial charge in [0.2, 0.25) is 5.91 Å². The molecule has 1 atom stereocenters. The van der Waals surface area contributed by atoms with Crippen molar-refractivity contribution in [3.63, 3.8) is 0 Å². The number of amides is 1. The number of likely N-dealkylation sites (tertiary alicyclic amines) is 2. The molecule has 1 unspecified atom stereocenters. The van der Waals surface area contributed by atoms with Gasteiger partial charge in [-0.3, -0.25) is 9.69 Å². The Bertz CT molecular complexity index is 805. The maximum Gasteiger partial charge on any atom is 0.491 e. The van der Waals surface area contributed by atoms with E-state index in [1.807, 2.05) is 0 Å². The van der Waals surface area contributed by atoms with Gasteiger partial charge in [-0.2, -0.15) is 13.2 Å². The van der Waals surface area contributed by atoms with E-state index in [1.54, 1.807) is 4.90 Å². The Labute approximate surface area is 183 Å². The fourth-order valence-electron chi connectivity index (χ4n) is 4.32. The van der Waals surface area contributed by atoms with E-state index in [-0.39, 0.29) is 33.7 Å². The van der Waals surface area contributed by atoms with Crippen LogP contribution in [0.2, 0.25) is 10.0 Å². The summed E-state index contributed by atoms with van der Waals surface area (Å²) < 4.78 is 43.3. The van der Waals surface area contributed by atoms with Crippen LogP contribution in [0.3, 0.4) is 0 Å². The Morgan fingerprint density at radius 1 is 1.07 bits per heavy atom. The van der Waals surface area contributed by atoms with Gasteiger partial charge in [0.25, 0.3) is 0 Å². The predicted octanol–water partition coefficient (Wildman–Crippen LogP) is 4.86. The normalized spacial score (nSPS) is 19.7. The summed E-state index contributed by atoms with van der Waals surface area (Å²) in [6.07, 6.45) is -1.80. The lowest BCUT2D eigenvalue weighted by Gasteiger charge is -2.40. The van der Waals surface area contributed by atoms with Crippen molar-refractivity contribution in [2.45, 2.75) is 44.8 Å². The third kappa shape index (κ3) is 5.21. The van der Waals surface area contributed by atoms with Gasteiger partial charge in [0.05, 0.1) is 10.0 Å². The molecule has 0 radical (unpaired) electrons. The highest BCUT2D eigenvalue weighted by atomic mass is 35.5. The third-order valence-corrected chi connectivity index (χ3v) is 6.49. The Morgan fingerprint density at radius 2 is 1.63 bits per heavy atom. The van der Waals surface area contributed by atoms with Gasteiger partial charge in [0.15, 0.2) is 0 Å². The lowest BCUT2D eigenvalue weighted by Crippen LogP contribution is -2.42. The lowest BCUT2D eigenvalue weighted by atomic mass is 9.84. The van der Waals surface area contributed by atoms with Crippen LogP contribution in [0.15, 0.2) is 12.1 Å². The zero-order valence-electron chi connectivity index (χ0n) is 16.5. The van der Waals surface area contributed by atoms with Crippen LogP contribution in [0.4, 0.5) is 13.2 Å². The monoisotopic (exact) mass is 466 g/mol. The summed E-state index contributed by atoms with van der Waals surface area (Å²) in [4.78, 5) is 27.2. The standard InChI is InChI=1S/C20H23Cl2F3N2O3/c1-12(28)26-8-4-13(5-9-26)18(27-6-2-3-7-27)14-10-15(21)16(22)11-17(14)30-19(29)20(23,24)25/h10-11,13,18H,2-9H2,1H3. The van der Waals surface area contributed by atoms with Gasteiger partial charge in [-0.25, -0.2) is 4.79 Å². The molecule has 0 aliphatic carbocycles. The molecule has 0 aromatic heterocycles. The SMILES string of the molecule is CC(=O)N1CCC(C(c2cc(Cl)c(Cl)cc2OC(=O)C(F)(F)F)N2CCCC2)CC1. The van der Waals surface area contributed by atoms with Crippen molar-refractivity contribution in [2.75, 3.05) is 26.2 Å². The minimum absolute atomic E-state index is 0.000469. The van der Waals surface area contributed by atoms with E-state index in [2.05, 4.69) is 4.90 Å². The molecule has 1 amide bonds. The average molecular weight is 467 g/mol. The van der Waals surface area contributed by atoms with E-state index in [0.717, 1.165) is 25.9 Å². The maximum atomic E-state index is 12.8. The molecule has 0 N–H and O–H groups in total. The number of esters is 1. The molecule has 2 heterocycles. The van der Waals surface area contributed by atoms with Gasteiger partial charge in [-0.05, 0) is 50.8 Å². The molecule has 0 spiro atoms. The third-order valence-electron chi connectivity index (χ3n) is 5.77. The molecular formula is C20H23Cl2F3N2O3. The summed E-state index contributed by atoms with van der Waals surface area (Å²) in [5.74, 6) is -2.45. The highest BCUT2D eigenvalue weighted by Crippen LogP contribution is 2.44. The first-order chi connectivity index (χ1) is 14.1. The number of nitrogens with zero attached hydrogens (tertiary/aromatic N) is 2. The van der Waals surface area contributed by atoms with Crippen molar-refractivity contribution >= 4 is 35.1 Å². The molecule has 2 aliphatic rings. The summed E-state index contributed by atoms with van der Waals surface area (Å²) in [6.45, 7) is 4.23. The number of piperidine rings is 1. The van der Waals surface area contributed by atoms with E-state index < -0.39 is 12.1 Å². The topological polar surface area (TPSA) is 49.9 Å². The van der Waals surface area contributed by atoms with Crippen LogP contribution in [0.25, 0.3) is 0 Å². The van der Waals surface area contributed by atoms with Gasteiger partial charge in [-0.15, -0.1) is 0 Å². The molecule has 2 fully saturated rings. The maximum absolute atomic E-state index is 12.8. The second-order valence-electron chi connectivity index (χ2n) is 7.72. The molecule has 10 heteroatoms. The predicted molar refractivity (Wildman–Crippen MR) is 107 cm³/mol. The van der Waals surface area contributed by atoms with Crippen molar-refractivity contribution in [1.82, 2.24) is 9.80 Å². The molecule has 1 aromatic rings. The first kappa shape index (κ1) is 23.2. The smallest absolute Gasteiger partial charge is 0.419 e. The number of hydrogen-bond acceptors (Lipinski definition) is 4. The molecule has 2 aliphatic heterocycles. The highest BCUT2D eigenvalue weighted by Gasteiger charge is 2.43. The minimum atomic E-state index is -5.13. The molecule has 30 heavy (non-hydrogen) atoms. The van der Waals surface area contributed by atoms with Crippen LogP contribution in [0.1, 0.15) is 44.2 Å². The Kier molecular flexibility index (Phi) is 7.20. The Balaban J connectivity index is 1.97. The molecule has 2 saturated heterocycles. The van der Waals surface area contributed by atoms with Crippen LogP contribution >= 0.6 is 23.2 Å². The fraction of sp³-hybridized carbons (Fsp3) is 0.600. The van der Waals surface area contributed by atoms with Crippen LogP contribution in [0, 0.1) is 5.92 Å². The number of alkyl halides is 3. The quantitative estimate of drug-likeness (QED) is 0.469. The first-order valence-electron chi connectivity index (χ1n) is 9.85. The fourth-order valence-corrected chi connectivity index (χ4v) is 4.65. The first-order valence-corrected chi connectivity index (χ1v) is 10.6. The van der Waals surface area contributed by atoms with Crippen molar-refractivity contribution in [2.24, 2.45) is 5.92 Å². The summed E-state index contributed by atoms with van der Waals surface area (Å²) in [7, 11) is 0. The Morgan fingerprint density at radius 3 is 2.17 bits per heavy atom. The van der Waals surface area contributed by atoms with Gasteiger partial charge in [0.1, 0.15) is 5.75 Å². The number of carbonyl (C=O) groups is 2. The van der Waals surface area contributed by atoms with Gasteiger partial charge in [0, 0.05) is 37.7 Å². The zero-order chi connectivity index (χ0) is 22.1. The zero-order valence-corrected chi connectivity index (χ0v) is 18.0. The molecule has 0 saturated carbocycles. The summed E-state index contributed by atoms with van der Waals surface area (Å²) in [5.41, 5.74) is 0.421. The van der Waals surface area contributed by atoms with Gasteiger partial charge < -0.3 is 9.64 Å². The Hall–Kier alpha value is -1.51.